The summed E-state index contributed by atoms with van der Waals surface area (Å²) < 4.78 is 2.33. The molecule has 0 saturated heterocycles. The first kappa shape index (κ1) is 22.6. The largest absolute Gasteiger partial charge is 0.332 e. The molecule has 0 aliphatic heterocycles. The third-order valence-corrected chi connectivity index (χ3v) is 6.08. The zero-order valence-corrected chi connectivity index (χ0v) is 18.7. The maximum Gasteiger partial charge on any atom is 0.332 e. The van der Waals surface area contributed by atoms with Gasteiger partial charge in [0.2, 0.25) is 0 Å². The van der Waals surface area contributed by atoms with Crippen LogP contribution >= 0.6 is 11.8 Å². The van der Waals surface area contributed by atoms with Gasteiger partial charge in [0.1, 0.15) is 10.4 Å². The molecule has 0 amide bonds. The van der Waals surface area contributed by atoms with Gasteiger partial charge in [-0.25, -0.2) is 14.8 Å². The van der Waals surface area contributed by atoms with Crippen LogP contribution in [0.15, 0.2) is 38.9 Å². The normalized spacial score (nSPS) is 11.4. The van der Waals surface area contributed by atoms with Crippen LogP contribution in [0.25, 0.3) is 22.4 Å². The molecule has 31 heavy (non-hydrogen) atoms. The van der Waals surface area contributed by atoms with Crippen LogP contribution in [0.4, 0.5) is 5.69 Å². The van der Waals surface area contributed by atoms with Crippen molar-refractivity contribution in [1.82, 2.24) is 24.0 Å². The number of fused-ring (bicyclic) bond motifs is 1. The quantitative estimate of drug-likeness (QED) is 0.224. The number of nitro groups is 1. The number of hydrogen-bond acceptors (Lipinski definition) is 8. The van der Waals surface area contributed by atoms with Crippen LogP contribution in [-0.4, -0.2) is 54.3 Å². The van der Waals surface area contributed by atoms with Crippen molar-refractivity contribution in [3.8, 4) is 11.4 Å². The van der Waals surface area contributed by atoms with Gasteiger partial charge in [0.25, 0.3) is 11.2 Å². The highest BCUT2D eigenvalue weighted by atomic mass is 32.2. The van der Waals surface area contributed by atoms with Gasteiger partial charge in [0.15, 0.2) is 11.5 Å². The van der Waals surface area contributed by atoms with Crippen LogP contribution in [0.3, 0.4) is 0 Å². The molecule has 0 atom stereocenters. The monoisotopic (exact) mass is 444 g/mol. The fourth-order valence-corrected chi connectivity index (χ4v) is 4.25. The maximum atomic E-state index is 12.9. The summed E-state index contributed by atoms with van der Waals surface area (Å²) >= 11 is 1.41. The molecule has 0 fully saturated rings. The van der Waals surface area contributed by atoms with Gasteiger partial charge in [-0.15, -0.1) is 11.8 Å². The number of aromatic nitrogens is 4. The van der Waals surface area contributed by atoms with Gasteiger partial charge in [-0.2, -0.15) is 0 Å². The highest BCUT2D eigenvalue weighted by Crippen LogP contribution is 2.27. The summed E-state index contributed by atoms with van der Waals surface area (Å²) in [7, 11) is 2.96. The lowest BCUT2D eigenvalue weighted by molar-refractivity contribution is -0.384. The predicted molar refractivity (Wildman–Crippen MR) is 121 cm³/mol. The Hall–Kier alpha value is -3.05. The van der Waals surface area contributed by atoms with E-state index in [-0.39, 0.29) is 22.5 Å². The van der Waals surface area contributed by atoms with Crippen molar-refractivity contribution in [2.75, 3.05) is 25.4 Å². The number of benzene rings is 1. The summed E-state index contributed by atoms with van der Waals surface area (Å²) in [6.45, 7) is 6.80. The minimum absolute atomic E-state index is 0.0882. The lowest BCUT2D eigenvalue weighted by Gasteiger charge is -2.17. The first-order chi connectivity index (χ1) is 14.8. The van der Waals surface area contributed by atoms with Gasteiger partial charge in [-0.05, 0) is 13.1 Å². The van der Waals surface area contributed by atoms with E-state index in [9.17, 15) is 19.7 Å². The van der Waals surface area contributed by atoms with Crippen LogP contribution in [-0.2, 0) is 14.1 Å². The molecule has 1 aromatic carbocycles. The molecule has 0 spiro atoms. The molecule has 164 valence electrons. The van der Waals surface area contributed by atoms with E-state index in [1.165, 1.54) is 35.5 Å². The van der Waals surface area contributed by atoms with E-state index in [0.717, 1.165) is 24.2 Å². The maximum absolute atomic E-state index is 12.9. The summed E-state index contributed by atoms with van der Waals surface area (Å²) in [4.78, 5) is 47.3. The topological polar surface area (TPSA) is 116 Å². The molecule has 11 heteroatoms. The molecular formula is C20H24N6O4S. The molecule has 0 bridgehead atoms. The van der Waals surface area contributed by atoms with E-state index in [1.807, 2.05) is 0 Å². The highest BCUT2D eigenvalue weighted by molar-refractivity contribution is 7.99. The van der Waals surface area contributed by atoms with E-state index in [4.69, 9.17) is 0 Å². The van der Waals surface area contributed by atoms with Crippen LogP contribution in [0, 0.1) is 10.1 Å². The van der Waals surface area contributed by atoms with Crippen molar-refractivity contribution in [3.63, 3.8) is 0 Å². The van der Waals surface area contributed by atoms with E-state index >= 15 is 0 Å². The average Bonchev–Trinajstić information content (AvgIpc) is 2.78. The smallest absolute Gasteiger partial charge is 0.303 e. The van der Waals surface area contributed by atoms with Crippen LogP contribution in [0.5, 0.6) is 0 Å². The SMILES string of the molecule is CCN(CC)CCSc1nc(-c2cccc([N+](=O)[O-])c2)nc2c1c(=O)n(C)c(=O)n2C. The lowest BCUT2D eigenvalue weighted by Crippen LogP contribution is -2.37. The molecule has 0 radical (unpaired) electrons. The molecule has 0 N–H and O–H groups in total. The van der Waals surface area contributed by atoms with Gasteiger partial charge >= 0.3 is 5.69 Å². The Labute approximate surface area is 182 Å². The van der Waals surface area contributed by atoms with Gasteiger partial charge in [0, 0.05) is 44.1 Å². The second-order valence-electron chi connectivity index (χ2n) is 6.94. The Morgan fingerprint density at radius 1 is 1.13 bits per heavy atom. The summed E-state index contributed by atoms with van der Waals surface area (Å²) in [6.07, 6.45) is 0. The number of aryl methyl sites for hydroxylation is 1. The van der Waals surface area contributed by atoms with E-state index in [1.54, 1.807) is 19.2 Å². The van der Waals surface area contributed by atoms with Gasteiger partial charge in [-0.1, -0.05) is 26.0 Å². The van der Waals surface area contributed by atoms with Crippen molar-refractivity contribution in [3.05, 3.63) is 55.2 Å². The summed E-state index contributed by atoms with van der Waals surface area (Å²) in [5, 5.41) is 11.9. The second-order valence-corrected chi connectivity index (χ2v) is 8.02. The zero-order valence-electron chi connectivity index (χ0n) is 17.9. The van der Waals surface area contributed by atoms with Crippen molar-refractivity contribution < 1.29 is 4.92 Å². The number of hydrogen-bond donors (Lipinski definition) is 0. The predicted octanol–water partition coefficient (Wildman–Crippen LogP) is 2.04. The summed E-state index contributed by atoms with van der Waals surface area (Å²) in [5.74, 6) is 0.915. The van der Waals surface area contributed by atoms with Crippen molar-refractivity contribution >= 4 is 28.5 Å². The van der Waals surface area contributed by atoms with Crippen molar-refractivity contribution in [1.29, 1.82) is 0 Å². The van der Waals surface area contributed by atoms with Gasteiger partial charge in [0.05, 0.1) is 4.92 Å². The molecule has 0 aliphatic rings. The Bertz CT molecular complexity index is 1250. The molecule has 3 aromatic rings. The van der Waals surface area contributed by atoms with E-state index < -0.39 is 16.2 Å². The molecule has 0 unspecified atom stereocenters. The first-order valence-corrected chi connectivity index (χ1v) is 10.8. The zero-order chi connectivity index (χ0) is 22.7. The van der Waals surface area contributed by atoms with Crippen LogP contribution in [0.1, 0.15) is 13.8 Å². The fourth-order valence-electron chi connectivity index (χ4n) is 3.23. The van der Waals surface area contributed by atoms with Gasteiger partial charge < -0.3 is 4.90 Å². The Morgan fingerprint density at radius 2 is 1.84 bits per heavy atom. The second kappa shape index (κ2) is 9.40. The average molecular weight is 445 g/mol. The lowest BCUT2D eigenvalue weighted by atomic mass is 10.2. The molecule has 10 nitrogen and oxygen atoms in total. The third kappa shape index (κ3) is 4.52. The molecule has 3 rings (SSSR count). The van der Waals surface area contributed by atoms with E-state index in [2.05, 4.69) is 28.7 Å². The first-order valence-electron chi connectivity index (χ1n) is 9.86. The Morgan fingerprint density at radius 3 is 2.48 bits per heavy atom. The molecule has 2 heterocycles. The number of non-ortho nitro benzene ring substituents is 1. The molecular weight excluding hydrogens is 420 g/mol. The number of thioether (sulfide) groups is 1. The summed E-state index contributed by atoms with van der Waals surface area (Å²) in [5.41, 5.74) is -0.408. The minimum atomic E-state index is -0.500. The van der Waals surface area contributed by atoms with Crippen LogP contribution in [0.2, 0.25) is 0 Å². The minimum Gasteiger partial charge on any atom is -0.303 e. The molecule has 0 aliphatic carbocycles. The van der Waals surface area contributed by atoms with Crippen molar-refractivity contribution in [2.24, 2.45) is 14.1 Å². The number of nitro benzene ring substituents is 1. The van der Waals surface area contributed by atoms with Gasteiger partial charge in [-0.3, -0.25) is 24.0 Å². The van der Waals surface area contributed by atoms with Crippen molar-refractivity contribution in [2.45, 2.75) is 18.9 Å². The standard InChI is InChI=1S/C20H24N6O4S/c1-5-25(6-2)10-11-31-18-15-17(23(3)20(28)24(4)19(15)27)21-16(22-18)13-8-7-9-14(12-13)26(29)30/h7-9,12H,5-6,10-11H2,1-4H3. The summed E-state index contributed by atoms with van der Waals surface area (Å²) in [6, 6.07) is 5.98. The fraction of sp³-hybridized carbons (Fsp3) is 0.400. The third-order valence-electron chi connectivity index (χ3n) is 5.12. The Kier molecular flexibility index (Phi) is 6.86. The molecule has 2 aromatic heterocycles. The number of rotatable bonds is 8. The van der Waals surface area contributed by atoms with E-state index in [0.29, 0.717) is 16.3 Å². The van der Waals surface area contributed by atoms with Crippen LogP contribution < -0.4 is 11.2 Å². The molecule has 0 saturated carbocycles. The highest BCUT2D eigenvalue weighted by Gasteiger charge is 2.19. The Balaban J connectivity index is 2.19. The number of nitrogens with zero attached hydrogens (tertiary/aromatic N) is 6.